The van der Waals surface area contributed by atoms with Gasteiger partial charge in [0.1, 0.15) is 5.75 Å². The maximum atomic E-state index is 13.1. The van der Waals surface area contributed by atoms with Crippen molar-refractivity contribution < 1.29 is 24.0 Å². The molecule has 2 aromatic carbocycles. The standard InChI is InChI=1S/C23H28N2O6/c1-5-7-16-9-12-21(31-23(27)30-15(3)4)19(13-16)22(26)24-20-11-10-18(25(28)29)14-17(20)8-6-2/h9-15H,5-8H2,1-4H3,(H,24,26). The van der Waals surface area contributed by atoms with Crippen LogP contribution in [-0.4, -0.2) is 23.1 Å². The smallest absolute Gasteiger partial charge is 0.431 e. The molecule has 0 aliphatic rings. The van der Waals surface area contributed by atoms with Gasteiger partial charge in [0, 0.05) is 17.8 Å². The van der Waals surface area contributed by atoms with E-state index in [0.29, 0.717) is 17.7 Å². The van der Waals surface area contributed by atoms with E-state index in [4.69, 9.17) is 9.47 Å². The van der Waals surface area contributed by atoms with Gasteiger partial charge in [0.25, 0.3) is 11.6 Å². The summed E-state index contributed by atoms with van der Waals surface area (Å²) in [7, 11) is 0. The second kappa shape index (κ2) is 11.1. The van der Waals surface area contributed by atoms with Gasteiger partial charge in [-0.15, -0.1) is 0 Å². The van der Waals surface area contributed by atoms with Crippen LogP contribution in [-0.2, 0) is 17.6 Å². The van der Waals surface area contributed by atoms with Crippen LogP contribution >= 0.6 is 0 Å². The molecule has 0 aromatic heterocycles. The van der Waals surface area contributed by atoms with E-state index >= 15 is 0 Å². The molecule has 0 heterocycles. The molecular formula is C23H28N2O6. The second-order valence-corrected chi connectivity index (χ2v) is 7.40. The van der Waals surface area contributed by atoms with Gasteiger partial charge in [-0.3, -0.25) is 14.9 Å². The largest absolute Gasteiger partial charge is 0.514 e. The van der Waals surface area contributed by atoms with E-state index in [0.717, 1.165) is 24.8 Å². The number of carbonyl (C=O) groups is 2. The summed E-state index contributed by atoms with van der Waals surface area (Å²) in [5.41, 5.74) is 2.22. The minimum atomic E-state index is -0.894. The lowest BCUT2D eigenvalue weighted by Crippen LogP contribution is -2.19. The molecule has 2 aromatic rings. The normalized spacial score (nSPS) is 10.6. The summed E-state index contributed by atoms with van der Waals surface area (Å²) in [5, 5.41) is 13.9. The first-order valence-corrected chi connectivity index (χ1v) is 10.3. The average molecular weight is 428 g/mol. The predicted octanol–water partition coefficient (Wildman–Crippen LogP) is 5.68. The Kier molecular flexibility index (Phi) is 8.54. The van der Waals surface area contributed by atoms with Gasteiger partial charge in [-0.1, -0.05) is 32.8 Å². The van der Waals surface area contributed by atoms with Crippen molar-refractivity contribution in [3.05, 3.63) is 63.2 Å². The molecule has 0 atom stereocenters. The fraction of sp³-hybridized carbons (Fsp3) is 0.391. The number of benzene rings is 2. The first-order chi connectivity index (χ1) is 14.7. The lowest BCUT2D eigenvalue weighted by molar-refractivity contribution is -0.384. The first kappa shape index (κ1) is 23.9. The van der Waals surface area contributed by atoms with Crippen LogP contribution in [0, 0.1) is 10.1 Å². The summed E-state index contributed by atoms with van der Waals surface area (Å²) in [5.74, 6) is -0.390. The predicted molar refractivity (Wildman–Crippen MR) is 118 cm³/mol. The van der Waals surface area contributed by atoms with Crippen LogP contribution in [0.25, 0.3) is 0 Å². The van der Waals surface area contributed by atoms with E-state index in [-0.39, 0.29) is 23.1 Å². The van der Waals surface area contributed by atoms with E-state index < -0.39 is 17.0 Å². The Labute approximate surface area is 181 Å². The highest BCUT2D eigenvalue weighted by molar-refractivity contribution is 6.07. The zero-order chi connectivity index (χ0) is 23.0. The van der Waals surface area contributed by atoms with Crippen LogP contribution < -0.4 is 10.1 Å². The summed E-state index contributed by atoms with van der Waals surface area (Å²) in [6.45, 7) is 7.37. The Hall–Kier alpha value is -3.42. The molecule has 31 heavy (non-hydrogen) atoms. The van der Waals surface area contributed by atoms with Gasteiger partial charge in [0.2, 0.25) is 0 Å². The van der Waals surface area contributed by atoms with E-state index in [1.54, 1.807) is 32.0 Å². The molecule has 2 rings (SSSR count). The lowest BCUT2D eigenvalue weighted by Gasteiger charge is -2.15. The number of nitro groups is 1. The Morgan fingerprint density at radius 2 is 1.77 bits per heavy atom. The van der Waals surface area contributed by atoms with Gasteiger partial charge in [-0.25, -0.2) is 4.79 Å². The number of rotatable bonds is 9. The molecule has 166 valence electrons. The molecule has 0 saturated heterocycles. The number of hydrogen-bond donors (Lipinski definition) is 1. The summed E-state index contributed by atoms with van der Waals surface area (Å²) < 4.78 is 10.3. The van der Waals surface area contributed by atoms with Crippen molar-refractivity contribution in [1.82, 2.24) is 0 Å². The first-order valence-electron chi connectivity index (χ1n) is 10.3. The van der Waals surface area contributed by atoms with Crippen LogP contribution in [0.2, 0.25) is 0 Å². The summed E-state index contributed by atoms with van der Waals surface area (Å²) >= 11 is 0. The maximum Gasteiger partial charge on any atom is 0.514 e. The third-order valence-electron chi connectivity index (χ3n) is 4.42. The number of nitrogens with zero attached hydrogens (tertiary/aromatic N) is 1. The Morgan fingerprint density at radius 3 is 2.39 bits per heavy atom. The summed E-state index contributed by atoms with van der Waals surface area (Å²) in [6, 6.07) is 9.38. The number of carbonyl (C=O) groups excluding carboxylic acids is 2. The summed E-state index contributed by atoms with van der Waals surface area (Å²) in [6.07, 6.45) is 1.72. The van der Waals surface area contributed by atoms with E-state index in [1.807, 2.05) is 13.8 Å². The monoisotopic (exact) mass is 428 g/mol. The van der Waals surface area contributed by atoms with Crippen LogP contribution in [0.3, 0.4) is 0 Å². The van der Waals surface area contributed by atoms with Gasteiger partial charge in [-0.2, -0.15) is 0 Å². The molecular weight excluding hydrogens is 400 g/mol. The number of nitrogens with one attached hydrogen (secondary N) is 1. The number of hydrogen-bond acceptors (Lipinski definition) is 6. The fourth-order valence-corrected chi connectivity index (χ4v) is 3.08. The lowest BCUT2D eigenvalue weighted by atomic mass is 10.0. The third-order valence-corrected chi connectivity index (χ3v) is 4.42. The van der Waals surface area contributed by atoms with Gasteiger partial charge >= 0.3 is 6.16 Å². The molecule has 0 saturated carbocycles. The van der Waals surface area contributed by atoms with Crippen LogP contribution in [0.1, 0.15) is 62.0 Å². The Balaban J connectivity index is 2.37. The number of aryl methyl sites for hydroxylation is 2. The number of nitro benzene ring substituents is 1. The zero-order valence-corrected chi connectivity index (χ0v) is 18.3. The third kappa shape index (κ3) is 6.80. The number of amides is 1. The highest BCUT2D eigenvalue weighted by atomic mass is 16.7. The molecule has 8 nitrogen and oxygen atoms in total. The number of ether oxygens (including phenoxy) is 2. The molecule has 0 spiro atoms. The average Bonchev–Trinajstić information content (AvgIpc) is 2.70. The van der Waals surface area contributed by atoms with Crippen molar-refractivity contribution in [1.29, 1.82) is 0 Å². The molecule has 1 amide bonds. The minimum absolute atomic E-state index is 0.0353. The van der Waals surface area contributed by atoms with Crippen LogP contribution in [0.5, 0.6) is 5.75 Å². The summed E-state index contributed by atoms with van der Waals surface area (Å²) in [4.78, 5) is 35.7. The molecule has 0 aliphatic carbocycles. The maximum absolute atomic E-state index is 13.1. The number of non-ortho nitro benzene ring substituents is 1. The van der Waals surface area contributed by atoms with Gasteiger partial charge in [0.05, 0.1) is 16.6 Å². The second-order valence-electron chi connectivity index (χ2n) is 7.40. The molecule has 0 aliphatic heterocycles. The number of anilines is 1. The molecule has 1 N–H and O–H groups in total. The van der Waals surface area contributed by atoms with Crippen molar-refractivity contribution in [2.24, 2.45) is 0 Å². The van der Waals surface area contributed by atoms with Crippen molar-refractivity contribution in [3.8, 4) is 5.75 Å². The minimum Gasteiger partial charge on any atom is -0.431 e. The molecule has 8 heteroatoms. The molecule has 0 bridgehead atoms. The Morgan fingerprint density at radius 1 is 1.06 bits per heavy atom. The van der Waals surface area contributed by atoms with Crippen LogP contribution in [0.15, 0.2) is 36.4 Å². The Bertz CT molecular complexity index is 955. The topological polar surface area (TPSA) is 108 Å². The highest BCUT2D eigenvalue weighted by Gasteiger charge is 2.20. The van der Waals surface area contributed by atoms with Gasteiger partial charge in [0.15, 0.2) is 0 Å². The van der Waals surface area contributed by atoms with E-state index in [9.17, 15) is 19.7 Å². The van der Waals surface area contributed by atoms with Gasteiger partial charge in [-0.05, 0) is 56.0 Å². The quantitative estimate of drug-likeness (QED) is 0.238. The van der Waals surface area contributed by atoms with E-state index in [1.165, 1.54) is 18.2 Å². The van der Waals surface area contributed by atoms with E-state index in [2.05, 4.69) is 5.32 Å². The molecule has 0 fully saturated rings. The molecule has 0 unspecified atom stereocenters. The van der Waals surface area contributed by atoms with Crippen molar-refractivity contribution in [3.63, 3.8) is 0 Å². The fourth-order valence-electron chi connectivity index (χ4n) is 3.08. The van der Waals surface area contributed by atoms with Crippen molar-refractivity contribution >= 4 is 23.4 Å². The van der Waals surface area contributed by atoms with Crippen molar-refractivity contribution in [2.75, 3.05) is 5.32 Å². The van der Waals surface area contributed by atoms with Gasteiger partial charge < -0.3 is 14.8 Å². The SMILES string of the molecule is CCCc1ccc(OC(=O)OC(C)C)c(C(=O)Nc2ccc([N+](=O)[O-])cc2CCC)c1. The van der Waals surface area contributed by atoms with Crippen LogP contribution in [0.4, 0.5) is 16.2 Å². The van der Waals surface area contributed by atoms with Crippen molar-refractivity contribution in [2.45, 2.75) is 59.5 Å². The molecule has 0 radical (unpaired) electrons. The zero-order valence-electron chi connectivity index (χ0n) is 18.3. The highest BCUT2D eigenvalue weighted by Crippen LogP contribution is 2.27.